The Balaban J connectivity index is 2.45. The molecule has 2 heterocycles. The van der Waals surface area contributed by atoms with Crippen LogP contribution in [0.15, 0.2) is 17.7 Å². The number of nitrogens with one attached hydrogen (secondary N) is 1. The largest absolute Gasteiger partial charge is 0.478 e. The standard InChI is InChI=1S/C13H16N4O3S/c1-3-16(8-10(18)14-2)12-9(4-5-11(19)20)17-6-7-21-13(17)15-12/h4-7H,3,8H2,1-2H3,(H,14,18)(H,19,20). The summed E-state index contributed by atoms with van der Waals surface area (Å²) in [5, 5.41) is 13.3. The highest BCUT2D eigenvalue weighted by atomic mass is 32.1. The van der Waals surface area contributed by atoms with E-state index in [-0.39, 0.29) is 12.5 Å². The lowest BCUT2D eigenvalue weighted by Crippen LogP contribution is -2.36. The molecule has 0 radical (unpaired) electrons. The minimum absolute atomic E-state index is 0.124. The number of rotatable bonds is 6. The van der Waals surface area contributed by atoms with Crippen LogP contribution in [0, 0.1) is 0 Å². The number of carboxylic acid groups (broad SMARTS) is 1. The topological polar surface area (TPSA) is 86.9 Å². The molecule has 0 fully saturated rings. The summed E-state index contributed by atoms with van der Waals surface area (Å²) in [5.41, 5.74) is 0.652. The lowest BCUT2D eigenvalue weighted by atomic mass is 10.3. The van der Waals surface area contributed by atoms with Gasteiger partial charge in [-0.1, -0.05) is 0 Å². The second-order valence-corrected chi connectivity index (χ2v) is 5.11. The molecule has 7 nitrogen and oxygen atoms in total. The van der Waals surface area contributed by atoms with Crippen LogP contribution in [0.2, 0.25) is 0 Å². The maximum atomic E-state index is 11.6. The van der Waals surface area contributed by atoms with Crippen LogP contribution < -0.4 is 10.2 Å². The number of fused-ring (bicyclic) bond motifs is 1. The SMILES string of the molecule is CCN(CC(=O)NC)c1nc2sccn2c1C=CC(=O)O. The third kappa shape index (κ3) is 3.22. The second-order valence-electron chi connectivity index (χ2n) is 4.24. The van der Waals surface area contributed by atoms with Gasteiger partial charge in [0.1, 0.15) is 0 Å². The Hall–Kier alpha value is -2.35. The zero-order chi connectivity index (χ0) is 15.4. The monoisotopic (exact) mass is 308 g/mol. The Morgan fingerprint density at radius 2 is 2.33 bits per heavy atom. The number of amides is 1. The van der Waals surface area contributed by atoms with Gasteiger partial charge in [0.15, 0.2) is 10.8 Å². The number of likely N-dealkylation sites (N-methyl/N-ethyl adjacent to an activating group) is 2. The van der Waals surface area contributed by atoms with Gasteiger partial charge in [-0.25, -0.2) is 9.78 Å². The van der Waals surface area contributed by atoms with Crippen LogP contribution in [0.5, 0.6) is 0 Å². The molecule has 112 valence electrons. The number of imidazole rings is 1. The summed E-state index contributed by atoms with van der Waals surface area (Å²) in [7, 11) is 1.58. The number of hydrogen-bond donors (Lipinski definition) is 2. The molecule has 8 heteroatoms. The normalized spacial score (nSPS) is 11.1. The molecule has 0 saturated carbocycles. The van der Waals surface area contributed by atoms with Crippen LogP contribution in [0.25, 0.3) is 11.0 Å². The van der Waals surface area contributed by atoms with Crippen molar-refractivity contribution in [1.29, 1.82) is 0 Å². The molecule has 21 heavy (non-hydrogen) atoms. The first-order chi connectivity index (χ1) is 10.1. The Morgan fingerprint density at radius 1 is 1.57 bits per heavy atom. The number of carbonyl (C=O) groups is 2. The fourth-order valence-electron chi connectivity index (χ4n) is 1.92. The molecule has 0 saturated heterocycles. The number of aliphatic carboxylic acids is 1. The Labute approximate surface area is 125 Å². The van der Waals surface area contributed by atoms with Gasteiger partial charge in [-0.15, -0.1) is 11.3 Å². The van der Waals surface area contributed by atoms with E-state index in [0.717, 1.165) is 11.0 Å². The predicted octanol–water partition coefficient (Wildman–Crippen LogP) is 1.07. The molecule has 1 amide bonds. The van der Waals surface area contributed by atoms with Gasteiger partial charge in [0, 0.05) is 31.2 Å². The van der Waals surface area contributed by atoms with Crippen molar-refractivity contribution in [3.8, 4) is 0 Å². The molecule has 2 aromatic heterocycles. The molecular weight excluding hydrogens is 292 g/mol. The van der Waals surface area contributed by atoms with Gasteiger partial charge in [0.05, 0.1) is 12.2 Å². The lowest BCUT2D eigenvalue weighted by Gasteiger charge is -2.20. The van der Waals surface area contributed by atoms with E-state index >= 15 is 0 Å². The summed E-state index contributed by atoms with van der Waals surface area (Å²) in [6.45, 7) is 2.68. The fraction of sp³-hybridized carbons (Fsp3) is 0.308. The van der Waals surface area contributed by atoms with Crippen LogP contribution in [-0.2, 0) is 9.59 Å². The van der Waals surface area contributed by atoms with Gasteiger partial charge < -0.3 is 15.3 Å². The van der Waals surface area contributed by atoms with Crippen molar-refractivity contribution in [2.24, 2.45) is 0 Å². The van der Waals surface area contributed by atoms with E-state index in [9.17, 15) is 9.59 Å². The van der Waals surface area contributed by atoms with Gasteiger partial charge >= 0.3 is 5.97 Å². The minimum atomic E-state index is -1.03. The highest BCUT2D eigenvalue weighted by Crippen LogP contribution is 2.25. The van der Waals surface area contributed by atoms with Crippen molar-refractivity contribution < 1.29 is 14.7 Å². The first-order valence-electron chi connectivity index (χ1n) is 6.39. The summed E-state index contributed by atoms with van der Waals surface area (Å²) < 4.78 is 1.81. The molecule has 2 rings (SSSR count). The van der Waals surface area contributed by atoms with Gasteiger partial charge in [0.25, 0.3) is 0 Å². The molecule has 0 spiro atoms. The number of nitrogens with zero attached hydrogens (tertiary/aromatic N) is 3. The number of carbonyl (C=O) groups excluding carboxylic acids is 1. The van der Waals surface area contributed by atoms with Gasteiger partial charge in [0.2, 0.25) is 5.91 Å². The Kier molecular flexibility index (Phi) is 4.59. The van der Waals surface area contributed by atoms with Crippen LogP contribution >= 0.6 is 11.3 Å². The summed E-state index contributed by atoms with van der Waals surface area (Å²) >= 11 is 1.45. The fourth-order valence-corrected chi connectivity index (χ4v) is 2.63. The van der Waals surface area contributed by atoms with Crippen molar-refractivity contribution in [1.82, 2.24) is 14.7 Å². The number of anilines is 1. The van der Waals surface area contributed by atoms with Crippen molar-refractivity contribution in [3.63, 3.8) is 0 Å². The summed E-state index contributed by atoms with van der Waals surface area (Å²) in [6, 6.07) is 0. The molecule has 0 bridgehead atoms. The van der Waals surface area contributed by atoms with Gasteiger partial charge in [-0.2, -0.15) is 0 Å². The summed E-state index contributed by atoms with van der Waals surface area (Å²) in [4.78, 5) is 29.4. The number of carboxylic acids is 1. The van der Waals surface area contributed by atoms with Gasteiger partial charge in [-0.3, -0.25) is 9.20 Å². The van der Waals surface area contributed by atoms with E-state index in [2.05, 4.69) is 10.3 Å². The van der Waals surface area contributed by atoms with Crippen molar-refractivity contribution >= 4 is 40.1 Å². The van der Waals surface area contributed by atoms with E-state index in [0.29, 0.717) is 18.1 Å². The zero-order valence-corrected chi connectivity index (χ0v) is 12.6. The molecule has 2 N–H and O–H groups in total. The van der Waals surface area contributed by atoms with Crippen LogP contribution in [0.1, 0.15) is 12.6 Å². The second kappa shape index (κ2) is 6.40. The molecule has 0 unspecified atom stereocenters. The van der Waals surface area contributed by atoms with E-state index in [1.165, 1.54) is 17.4 Å². The average Bonchev–Trinajstić information content (AvgIpc) is 3.03. The van der Waals surface area contributed by atoms with Crippen molar-refractivity contribution in [2.75, 3.05) is 25.0 Å². The van der Waals surface area contributed by atoms with Crippen molar-refractivity contribution in [3.05, 3.63) is 23.3 Å². The minimum Gasteiger partial charge on any atom is -0.478 e. The van der Waals surface area contributed by atoms with Gasteiger partial charge in [-0.05, 0) is 13.0 Å². The van der Waals surface area contributed by atoms with E-state index in [1.807, 2.05) is 22.9 Å². The summed E-state index contributed by atoms with van der Waals surface area (Å²) in [6.07, 6.45) is 4.39. The highest BCUT2D eigenvalue weighted by molar-refractivity contribution is 7.15. The lowest BCUT2D eigenvalue weighted by molar-refractivity contribution is -0.131. The van der Waals surface area contributed by atoms with E-state index in [4.69, 9.17) is 5.11 Å². The Morgan fingerprint density at radius 3 is 2.95 bits per heavy atom. The smallest absolute Gasteiger partial charge is 0.328 e. The first kappa shape index (κ1) is 15.0. The zero-order valence-electron chi connectivity index (χ0n) is 11.7. The molecule has 0 atom stereocenters. The highest BCUT2D eigenvalue weighted by Gasteiger charge is 2.18. The molecular formula is C13H16N4O3S. The molecule has 0 aliphatic carbocycles. The number of hydrogen-bond acceptors (Lipinski definition) is 5. The van der Waals surface area contributed by atoms with Crippen molar-refractivity contribution in [2.45, 2.75) is 6.92 Å². The third-order valence-corrected chi connectivity index (χ3v) is 3.71. The third-order valence-electron chi connectivity index (χ3n) is 2.96. The first-order valence-corrected chi connectivity index (χ1v) is 7.26. The van der Waals surface area contributed by atoms with E-state index < -0.39 is 5.97 Å². The average molecular weight is 308 g/mol. The molecule has 0 aromatic carbocycles. The van der Waals surface area contributed by atoms with E-state index in [1.54, 1.807) is 11.9 Å². The number of thiazole rings is 1. The molecule has 0 aliphatic heterocycles. The predicted molar refractivity (Wildman–Crippen MR) is 81.7 cm³/mol. The Bertz CT molecular complexity index is 689. The van der Waals surface area contributed by atoms with Crippen LogP contribution in [-0.4, -0.2) is 46.5 Å². The molecule has 0 aliphatic rings. The quantitative estimate of drug-likeness (QED) is 0.779. The van der Waals surface area contributed by atoms with Crippen LogP contribution in [0.4, 0.5) is 5.82 Å². The molecule has 2 aromatic rings. The summed E-state index contributed by atoms with van der Waals surface area (Å²) in [5.74, 6) is -0.549. The maximum Gasteiger partial charge on any atom is 0.328 e. The van der Waals surface area contributed by atoms with Crippen LogP contribution in [0.3, 0.4) is 0 Å². The number of aromatic nitrogens is 2. The maximum absolute atomic E-state index is 11.6.